The quantitative estimate of drug-likeness (QED) is 0.782. The molecule has 0 unspecified atom stereocenters. The lowest BCUT2D eigenvalue weighted by Crippen LogP contribution is -1.93. The van der Waals surface area contributed by atoms with Crippen molar-refractivity contribution in [3.63, 3.8) is 0 Å². The van der Waals surface area contributed by atoms with Gasteiger partial charge in [-0.1, -0.05) is 6.92 Å². The Labute approximate surface area is 89.3 Å². The molecule has 1 aromatic carbocycles. The van der Waals surface area contributed by atoms with Gasteiger partial charge in [0.15, 0.2) is 0 Å². The first-order valence-electron chi connectivity index (χ1n) is 4.32. The normalized spacial score (nSPS) is 10.8. The predicted molar refractivity (Wildman–Crippen MR) is 56.6 cm³/mol. The molecule has 2 rings (SSSR count). The summed E-state index contributed by atoms with van der Waals surface area (Å²) < 4.78 is 14.0. The number of hydrogen-bond donors (Lipinski definition) is 0. The Bertz CT molecular complexity index is 485. The maximum atomic E-state index is 13.4. The number of nitrogens with zero attached hydrogens (tertiary/aromatic N) is 2. The maximum absolute atomic E-state index is 13.4. The highest BCUT2D eigenvalue weighted by molar-refractivity contribution is 9.10. The average molecular weight is 255 g/mol. The molecular weight excluding hydrogens is 247 g/mol. The molecule has 0 spiro atoms. The van der Waals surface area contributed by atoms with Crippen molar-refractivity contribution in [2.45, 2.75) is 13.3 Å². The van der Waals surface area contributed by atoms with Crippen LogP contribution in [0.5, 0.6) is 0 Å². The molecule has 0 N–H and O–H groups in total. The van der Waals surface area contributed by atoms with Crippen molar-refractivity contribution >= 4 is 26.7 Å². The third-order valence-corrected chi connectivity index (χ3v) is 2.75. The smallest absolute Gasteiger partial charge is 0.136 e. The van der Waals surface area contributed by atoms with E-state index in [2.05, 4.69) is 26.1 Å². The van der Waals surface area contributed by atoms with Gasteiger partial charge in [0.25, 0.3) is 0 Å². The standard InChI is InChI=1S/C10H8BrFN2/c1-2-7-8(12)4-3-6-5-13-14-10(11)9(6)7/h3-5H,2H2,1H3. The highest BCUT2D eigenvalue weighted by atomic mass is 79.9. The molecule has 1 aromatic heterocycles. The summed E-state index contributed by atoms with van der Waals surface area (Å²) in [7, 11) is 0. The minimum Gasteiger partial charge on any atom is -0.207 e. The first-order chi connectivity index (χ1) is 6.74. The summed E-state index contributed by atoms with van der Waals surface area (Å²) in [6.45, 7) is 1.92. The lowest BCUT2D eigenvalue weighted by atomic mass is 10.1. The third-order valence-electron chi connectivity index (χ3n) is 2.19. The van der Waals surface area contributed by atoms with Crippen molar-refractivity contribution in [1.29, 1.82) is 0 Å². The van der Waals surface area contributed by atoms with E-state index in [1.165, 1.54) is 6.07 Å². The molecule has 0 saturated carbocycles. The van der Waals surface area contributed by atoms with Crippen LogP contribution in [0.2, 0.25) is 0 Å². The number of aromatic nitrogens is 2. The van der Waals surface area contributed by atoms with Gasteiger partial charge in [0, 0.05) is 10.8 Å². The summed E-state index contributed by atoms with van der Waals surface area (Å²) in [5, 5.41) is 9.38. The Kier molecular flexibility index (Phi) is 2.46. The number of halogens is 2. The molecule has 72 valence electrons. The van der Waals surface area contributed by atoms with Crippen molar-refractivity contribution in [3.05, 3.63) is 34.3 Å². The van der Waals surface area contributed by atoms with Gasteiger partial charge >= 0.3 is 0 Å². The fraction of sp³-hybridized carbons (Fsp3) is 0.200. The van der Waals surface area contributed by atoms with Gasteiger partial charge in [-0.15, -0.1) is 5.10 Å². The summed E-state index contributed by atoms with van der Waals surface area (Å²) >= 11 is 3.28. The van der Waals surface area contributed by atoms with Gasteiger partial charge in [0.1, 0.15) is 10.4 Å². The lowest BCUT2D eigenvalue weighted by molar-refractivity contribution is 0.615. The summed E-state index contributed by atoms with van der Waals surface area (Å²) in [4.78, 5) is 0. The van der Waals surface area contributed by atoms with Crippen molar-refractivity contribution in [2.75, 3.05) is 0 Å². The van der Waals surface area contributed by atoms with Gasteiger partial charge in [-0.05, 0) is 40.0 Å². The van der Waals surface area contributed by atoms with E-state index in [1.54, 1.807) is 12.3 Å². The zero-order valence-corrected chi connectivity index (χ0v) is 9.18. The summed E-state index contributed by atoms with van der Waals surface area (Å²) in [5.74, 6) is -0.186. The summed E-state index contributed by atoms with van der Waals surface area (Å²) in [6, 6.07) is 3.18. The van der Waals surface area contributed by atoms with E-state index in [-0.39, 0.29) is 5.82 Å². The minimum atomic E-state index is -0.186. The number of aryl methyl sites for hydroxylation is 1. The van der Waals surface area contributed by atoms with Crippen molar-refractivity contribution in [2.24, 2.45) is 0 Å². The van der Waals surface area contributed by atoms with Crippen LogP contribution in [0.3, 0.4) is 0 Å². The fourth-order valence-electron chi connectivity index (χ4n) is 1.53. The predicted octanol–water partition coefficient (Wildman–Crippen LogP) is 3.09. The topological polar surface area (TPSA) is 25.8 Å². The van der Waals surface area contributed by atoms with Gasteiger partial charge in [-0.3, -0.25) is 0 Å². The molecule has 0 atom stereocenters. The SMILES string of the molecule is CCc1c(F)ccc2cnnc(Br)c12. The van der Waals surface area contributed by atoms with Crippen LogP contribution in [0.25, 0.3) is 10.8 Å². The van der Waals surface area contributed by atoms with Crippen LogP contribution in [0, 0.1) is 5.82 Å². The molecule has 0 aliphatic heterocycles. The third kappa shape index (κ3) is 1.39. The van der Waals surface area contributed by atoms with Gasteiger partial charge in [-0.2, -0.15) is 5.10 Å². The van der Waals surface area contributed by atoms with E-state index in [1.807, 2.05) is 6.92 Å². The molecular formula is C10H8BrFN2. The van der Waals surface area contributed by atoms with Crippen LogP contribution in [0.4, 0.5) is 4.39 Å². The van der Waals surface area contributed by atoms with Crippen LogP contribution >= 0.6 is 15.9 Å². The first kappa shape index (κ1) is 9.52. The zero-order valence-electron chi connectivity index (χ0n) is 7.59. The highest BCUT2D eigenvalue weighted by Gasteiger charge is 2.09. The Balaban J connectivity index is 2.91. The number of rotatable bonds is 1. The summed E-state index contributed by atoms with van der Waals surface area (Å²) in [6.07, 6.45) is 2.28. The van der Waals surface area contributed by atoms with Crippen LogP contribution in [0.15, 0.2) is 22.9 Å². The molecule has 0 fully saturated rings. The Morgan fingerprint density at radius 1 is 1.43 bits per heavy atom. The average Bonchev–Trinajstić information content (AvgIpc) is 2.19. The van der Waals surface area contributed by atoms with Crippen LogP contribution in [0.1, 0.15) is 12.5 Å². The molecule has 1 heterocycles. The number of hydrogen-bond acceptors (Lipinski definition) is 2. The van der Waals surface area contributed by atoms with Crippen molar-refractivity contribution in [3.8, 4) is 0 Å². The molecule has 2 aromatic rings. The van der Waals surface area contributed by atoms with Crippen LogP contribution < -0.4 is 0 Å². The fourth-order valence-corrected chi connectivity index (χ4v) is 2.09. The number of fused-ring (bicyclic) bond motifs is 1. The lowest BCUT2D eigenvalue weighted by Gasteiger charge is -2.05. The Morgan fingerprint density at radius 2 is 2.21 bits per heavy atom. The second-order valence-electron chi connectivity index (χ2n) is 2.98. The van der Waals surface area contributed by atoms with E-state index in [4.69, 9.17) is 0 Å². The summed E-state index contributed by atoms with van der Waals surface area (Å²) in [5.41, 5.74) is 0.685. The maximum Gasteiger partial charge on any atom is 0.136 e. The molecule has 0 amide bonds. The molecule has 0 radical (unpaired) electrons. The highest BCUT2D eigenvalue weighted by Crippen LogP contribution is 2.26. The van der Waals surface area contributed by atoms with Crippen LogP contribution in [-0.2, 0) is 6.42 Å². The van der Waals surface area contributed by atoms with E-state index in [9.17, 15) is 4.39 Å². The van der Waals surface area contributed by atoms with E-state index < -0.39 is 0 Å². The van der Waals surface area contributed by atoms with Gasteiger partial charge < -0.3 is 0 Å². The monoisotopic (exact) mass is 254 g/mol. The Hall–Kier alpha value is -1.03. The molecule has 0 aliphatic rings. The zero-order chi connectivity index (χ0) is 10.1. The van der Waals surface area contributed by atoms with Crippen molar-refractivity contribution < 1.29 is 4.39 Å². The van der Waals surface area contributed by atoms with E-state index in [0.29, 0.717) is 16.6 Å². The second-order valence-corrected chi connectivity index (χ2v) is 3.73. The van der Waals surface area contributed by atoms with Gasteiger partial charge in [0.2, 0.25) is 0 Å². The largest absolute Gasteiger partial charge is 0.207 e. The molecule has 2 nitrogen and oxygen atoms in total. The van der Waals surface area contributed by atoms with Crippen LogP contribution in [-0.4, -0.2) is 10.2 Å². The first-order valence-corrected chi connectivity index (χ1v) is 5.11. The minimum absolute atomic E-state index is 0.186. The van der Waals surface area contributed by atoms with Gasteiger partial charge in [-0.25, -0.2) is 4.39 Å². The van der Waals surface area contributed by atoms with E-state index >= 15 is 0 Å². The van der Waals surface area contributed by atoms with Gasteiger partial charge in [0.05, 0.1) is 6.20 Å². The van der Waals surface area contributed by atoms with E-state index in [0.717, 1.165) is 10.8 Å². The second kappa shape index (κ2) is 3.61. The van der Waals surface area contributed by atoms with Crippen molar-refractivity contribution in [1.82, 2.24) is 10.2 Å². The molecule has 14 heavy (non-hydrogen) atoms. The molecule has 0 saturated heterocycles. The molecule has 0 bridgehead atoms. The number of benzene rings is 1. The Morgan fingerprint density at radius 3 is 2.93 bits per heavy atom. The molecule has 0 aliphatic carbocycles. The molecule has 4 heteroatoms.